The van der Waals surface area contributed by atoms with Crippen molar-refractivity contribution in [2.45, 2.75) is 24.9 Å². The van der Waals surface area contributed by atoms with Crippen LogP contribution >= 0.6 is 0 Å². The lowest BCUT2D eigenvalue weighted by molar-refractivity contribution is -0.0740. The molecule has 0 radical (unpaired) electrons. The molecule has 0 aliphatic carbocycles. The van der Waals surface area contributed by atoms with Crippen molar-refractivity contribution in [3.63, 3.8) is 0 Å². The van der Waals surface area contributed by atoms with E-state index in [4.69, 9.17) is 9.47 Å². The predicted molar refractivity (Wildman–Crippen MR) is 89.1 cm³/mol. The Morgan fingerprint density at radius 1 is 1.27 bits per heavy atom. The molecular weight excluding hydrogens is 344 g/mol. The molecule has 138 valence electrons. The fourth-order valence-electron chi connectivity index (χ4n) is 2.80. The number of halogens is 2. The highest BCUT2D eigenvalue weighted by atomic mass is 19.3. The molecule has 1 amide bonds. The van der Waals surface area contributed by atoms with Gasteiger partial charge >= 0.3 is 6.09 Å². The quantitative estimate of drug-likeness (QED) is 0.834. The molecule has 1 atom stereocenters. The molecule has 0 N–H and O–H groups in total. The summed E-state index contributed by atoms with van der Waals surface area (Å²) >= 11 is 0. The number of nitrogens with zero attached hydrogens (tertiary/aromatic N) is 3. The number of aromatic nitrogens is 2. The minimum Gasteiger partial charge on any atom is -0.480 e. The van der Waals surface area contributed by atoms with E-state index in [2.05, 4.69) is 9.97 Å². The summed E-state index contributed by atoms with van der Waals surface area (Å²) in [5, 5.41) is 0. The Morgan fingerprint density at radius 3 is 2.69 bits per heavy atom. The topological polar surface area (TPSA) is 64.5 Å². The van der Waals surface area contributed by atoms with Crippen LogP contribution in [0.1, 0.15) is 23.6 Å². The number of alkyl halides is 2. The molecule has 1 unspecified atom stereocenters. The van der Waals surface area contributed by atoms with Crippen molar-refractivity contribution in [3.8, 4) is 5.88 Å². The molecule has 1 aliphatic rings. The lowest BCUT2D eigenvalue weighted by atomic mass is 9.91. The van der Waals surface area contributed by atoms with Gasteiger partial charge in [0.15, 0.2) is 0 Å². The summed E-state index contributed by atoms with van der Waals surface area (Å²) in [6.45, 7) is -0.151. The van der Waals surface area contributed by atoms with Gasteiger partial charge < -0.3 is 14.4 Å². The third-order valence-electron chi connectivity index (χ3n) is 4.31. The fourth-order valence-corrected chi connectivity index (χ4v) is 2.80. The lowest BCUT2D eigenvalue weighted by Gasteiger charge is -2.37. The monoisotopic (exact) mass is 363 g/mol. The van der Waals surface area contributed by atoms with Crippen molar-refractivity contribution >= 4 is 6.09 Å². The van der Waals surface area contributed by atoms with Crippen LogP contribution in [0.2, 0.25) is 0 Å². The number of piperidine rings is 1. The predicted octanol–water partition coefficient (Wildman–Crippen LogP) is 3.25. The van der Waals surface area contributed by atoms with E-state index < -0.39 is 24.4 Å². The number of amides is 1. The van der Waals surface area contributed by atoms with Crippen LogP contribution in [-0.2, 0) is 11.3 Å². The maximum atomic E-state index is 14.3. The van der Waals surface area contributed by atoms with E-state index in [1.807, 2.05) is 30.3 Å². The summed E-state index contributed by atoms with van der Waals surface area (Å²) in [5.74, 6) is -3.97. The maximum Gasteiger partial charge on any atom is 0.410 e. The summed E-state index contributed by atoms with van der Waals surface area (Å²) in [4.78, 5) is 21.5. The number of benzene rings is 1. The normalized spacial score (nSPS) is 19.0. The Bertz CT molecular complexity index is 741. The number of carbonyl (C=O) groups is 1. The standard InChI is InChI=1S/C18H19F2N3O3/c1-25-16-10-21-15(9-22-16)14-11-23(8-7-18(14,19)20)17(24)26-12-13-5-3-2-4-6-13/h2-6,9-10,14H,7-8,11-12H2,1H3. The van der Waals surface area contributed by atoms with Crippen LogP contribution < -0.4 is 4.74 Å². The molecule has 0 saturated carbocycles. The van der Waals surface area contributed by atoms with E-state index in [1.54, 1.807) is 0 Å². The number of ether oxygens (including phenoxy) is 2. The van der Waals surface area contributed by atoms with Gasteiger partial charge in [0.2, 0.25) is 5.88 Å². The third-order valence-corrected chi connectivity index (χ3v) is 4.31. The first-order chi connectivity index (χ1) is 12.5. The summed E-state index contributed by atoms with van der Waals surface area (Å²) < 4.78 is 38.8. The third kappa shape index (κ3) is 4.07. The van der Waals surface area contributed by atoms with Crippen LogP contribution in [0.5, 0.6) is 5.88 Å². The van der Waals surface area contributed by atoms with Gasteiger partial charge in [-0.15, -0.1) is 0 Å². The molecule has 1 fully saturated rings. The van der Waals surface area contributed by atoms with Crippen molar-refractivity contribution in [1.29, 1.82) is 0 Å². The van der Waals surface area contributed by atoms with Gasteiger partial charge in [-0.05, 0) is 5.56 Å². The second kappa shape index (κ2) is 7.63. The average molecular weight is 363 g/mol. The number of methoxy groups -OCH3 is 1. The first kappa shape index (κ1) is 18.0. The average Bonchev–Trinajstić information content (AvgIpc) is 2.67. The van der Waals surface area contributed by atoms with Crippen LogP contribution in [0.25, 0.3) is 0 Å². The zero-order chi connectivity index (χ0) is 18.6. The van der Waals surface area contributed by atoms with Gasteiger partial charge in [-0.3, -0.25) is 4.98 Å². The van der Waals surface area contributed by atoms with Crippen molar-refractivity contribution < 1.29 is 23.0 Å². The smallest absolute Gasteiger partial charge is 0.410 e. The van der Waals surface area contributed by atoms with Crippen molar-refractivity contribution in [3.05, 3.63) is 54.0 Å². The van der Waals surface area contributed by atoms with Crippen molar-refractivity contribution in [2.75, 3.05) is 20.2 Å². The Labute approximate surface area is 149 Å². The van der Waals surface area contributed by atoms with Crippen LogP contribution in [0.4, 0.5) is 13.6 Å². The molecule has 1 saturated heterocycles. The van der Waals surface area contributed by atoms with E-state index in [-0.39, 0.29) is 31.3 Å². The summed E-state index contributed by atoms with van der Waals surface area (Å²) in [6.07, 6.45) is 1.48. The van der Waals surface area contributed by atoms with Gasteiger partial charge in [0, 0.05) is 19.5 Å². The first-order valence-corrected chi connectivity index (χ1v) is 8.19. The molecule has 1 aromatic carbocycles. The summed E-state index contributed by atoms with van der Waals surface area (Å²) in [6, 6.07) is 9.19. The van der Waals surface area contributed by atoms with Gasteiger partial charge in [-0.2, -0.15) is 0 Å². The zero-order valence-corrected chi connectivity index (χ0v) is 14.3. The maximum absolute atomic E-state index is 14.3. The Morgan fingerprint density at radius 2 is 2.04 bits per heavy atom. The fraction of sp³-hybridized carbons (Fsp3) is 0.389. The minimum atomic E-state index is -2.97. The van der Waals surface area contributed by atoms with Crippen LogP contribution in [0.15, 0.2) is 42.7 Å². The number of carbonyl (C=O) groups excluding carboxylic acids is 1. The first-order valence-electron chi connectivity index (χ1n) is 8.19. The molecule has 1 aliphatic heterocycles. The molecule has 3 rings (SSSR count). The van der Waals surface area contributed by atoms with Gasteiger partial charge in [-0.1, -0.05) is 30.3 Å². The highest BCUT2D eigenvalue weighted by Crippen LogP contribution is 2.39. The van der Waals surface area contributed by atoms with E-state index >= 15 is 0 Å². The molecule has 26 heavy (non-hydrogen) atoms. The zero-order valence-electron chi connectivity index (χ0n) is 14.3. The van der Waals surface area contributed by atoms with E-state index in [1.165, 1.54) is 24.4 Å². The molecule has 0 bridgehead atoms. The molecule has 8 heteroatoms. The van der Waals surface area contributed by atoms with Crippen LogP contribution in [0, 0.1) is 0 Å². The van der Waals surface area contributed by atoms with Crippen molar-refractivity contribution in [2.24, 2.45) is 0 Å². The number of hydrogen-bond acceptors (Lipinski definition) is 5. The lowest BCUT2D eigenvalue weighted by Crippen LogP contribution is -2.48. The highest BCUT2D eigenvalue weighted by Gasteiger charge is 2.47. The van der Waals surface area contributed by atoms with Crippen LogP contribution in [0.3, 0.4) is 0 Å². The van der Waals surface area contributed by atoms with Gasteiger partial charge in [-0.25, -0.2) is 18.6 Å². The van der Waals surface area contributed by atoms with E-state index in [0.29, 0.717) is 0 Å². The molecule has 2 heterocycles. The Hall–Kier alpha value is -2.77. The molecular formula is C18H19F2N3O3. The molecule has 6 nitrogen and oxygen atoms in total. The summed E-state index contributed by atoms with van der Waals surface area (Å²) in [5.41, 5.74) is 0.956. The van der Waals surface area contributed by atoms with E-state index in [0.717, 1.165) is 5.56 Å². The van der Waals surface area contributed by atoms with E-state index in [9.17, 15) is 13.6 Å². The van der Waals surface area contributed by atoms with Gasteiger partial charge in [0.1, 0.15) is 6.61 Å². The number of likely N-dealkylation sites (tertiary alicyclic amines) is 1. The second-order valence-corrected chi connectivity index (χ2v) is 6.03. The highest BCUT2D eigenvalue weighted by molar-refractivity contribution is 5.68. The Balaban J connectivity index is 1.67. The largest absolute Gasteiger partial charge is 0.480 e. The van der Waals surface area contributed by atoms with Gasteiger partial charge in [0.25, 0.3) is 5.92 Å². The SMILES string of the molecule is COc1cnc(C2CN(C(=O)OCc3ccccc3)CCC2(F)F)cn1. The number of rotatable bonds is 4. The molecule has 2 aromatic rings. The molecule has 1 aromatic heterocycles. The minimum absolute atomic E-state index is 0.0687. The van der Waals surface area contributed by atoms with Gasteiger partial charge in [0.05, 0.1) is 31.1 Å². The Kier molecular flexibility index (Phi) is 5.29. The van der Waals surface area contributed by atoms with Crippen molar-refractivity contribution in [1.82, 2.24) is 14.9 Å². The summed E-state index contributed by atoms with van der Waals surface area (Å²) in [7, 11) is 1.42. The molecule has 0 spiro atoms. The van der Waals surface area contributed by atoms with Crippen LogP contribution in [-0.4, -0.2) is 47.1 Å². The number of hydrogen-bond donors (Lipinski definition) is 0. The second-order valence-electron chi connectivity index (χ2n) is 6.03.